The fourth-order valence-electron chi connectivity index (χ4n) is 5.45. The van der Waals surface area contributed by atoms with E-state index in [1.165, 1.54) is 5.69 Å². The van der Waals surface area contributed by atoms with E-state index >= 15 is 0 Å². The molecule has 1 N–H and O–H groups in total. The van der Waals surface area contributed by atoms with Crippen molar-refractivity contribution in [3.05, 3.63) is 102 Å². The van der Waals surface area contributed by atoms with Gasteiger partial charge in [-0.2, -0.15) is 0 Å². The van der Waals surface area contributed by atoms with Gasteiger partial charge >= 0.3 is 0 Å². The zero-order valence-corrected chi connectivity index (χ0v) is 22.4. The van der Waals surface area contributed by atoms with Crippen molar-refractivity contribution < 1.29 is 9.47 Å². The highest BCUT2D eigenvalue weighted by Gasteiger charge is 2.42. The Kier molecular flexibility index (Phi) is 6.74. The number of anilines is 2. The van der Waals surface area contributed by atoms with E-state index in [0.29, 0.717) is 5.11 Å². The van der Waals surface area contributed by atoms with Crippen LogP contribution in [-0.2, 0) is 4.74 Å². The maximum absolute atomic E-state index is 5.97. The van der Waals surface area contributed by atoms with Gasteiger partial charge in [-0.3, -0.25) is 4.98 Å². The van der Waals surface area contributed by atoms with E-state index in [4.69, 9.17) is 26.7 Å². The molecule has 0 saturated carbocycles. The van der Waals surface area contributed by atoms with Crippen molar-refractivity contribution >= 4 is 28.7 Å². The molecule has 0 amide bonds. The standard InChI is InChI=1S/C30H31N5O2S/c1-21-6-15-27(34(21)23-11-13-25(36-2)14-12-23)29-28(26-5-3-4-16-31-26)32-30(38)35(29)24-9-7-22(8-10-24)33-17-19-37-20-18-33/h3-16,28-29H,17-20H2,1-2H3,(H,32,38)/t28-,29-/m1/s1. The Bertz CT molecular complexity index is 1400. The van der Waals surface area contributed by atoms with E-state index in [-0.39, 0.29) is 12.1 Å². The van der Waals surface area contributed by atoms with Crippen LogP contribution < -0.4 is 19.9 Å². The van der Waals surface area contributed by atoms with Crippen LogP contribution in [0.3, 0.4) is 0 Å². The van der Waals surface area contributed by atoms with E-state index in [1.54, 1.807) is 7.11 Å². The highest BCUT2D eigenvalue weighted by atomic mass is 32.1. The SMILES string of the molecule is COc1ccc(-n2c(C)ccc2[C@@H]2[C@@H](c3ccccn3)NC(=S)N2c2ccc(N3CCOCC3)cc2)cc1. The maximum Gasteiger partial charge on any atom is 0.174 e. The topological polar surface area (TPSA) is 54.8 Å². The third-order valence-electron chi connectivity index (χ3n) is 7.34. The quantitative estimate of drug-likeness (QED) is 0.347. The van der Waals surface area contributed by atoms with Gasteiger partial charge in [-0.15, -0.1) is 0 Å². The third kappa shape index (κ3) is 4.50. The maximum atomic E-state index is 5.97. The summed E-state index contributed by atoms with van der Waals surface area (Å²) < 4.78 is 13.2. The molecule has 4 heterocycles. The number of morpholine rings is 1. The first-order valence-corrected chi connectivity index (χ1v) is 13.3. The van der Waals surface area contributed by atoms with Crippen molar-refractivity contribution in [1.82, 2.24) is 14.9 Å². The first kappa shape index (κ1) is 24.5. The Balaban J connectivity index is 1.43. The molecule has 2 fully saturated rings. The van der Waals surface area contributed by atoms with Gasteiger partial charge in [0, 0.05) is 47.7 Å². The summed E-state index contributed by atoms with van der Waals surface area (Å²) in [6, 6.07) is 27.0. The molecule has 6 rings (SSSR count). The minimum Gasteiger partial charge on any atom is -0.497 e. The molecule has 38 heavy (non-hydrogen) atoms. The first-order chi connectivity index (χ1) is 18.6. The first-order valence-electron chi connectivity index (χ1n) is 12.9. The van der Waals surface area contributed by atoms with Crippen LogP contribution in [0.2, 0.25) is 0 Å². The molecule has 2 atom stereocenters. The fraction of sp³-hybridized carbons (Fsp3) is 0.267. The van der Waals surface area contributed by atoms with Gasteiger partial charge in [-0.25, -0.2) is 0 Å². The average molecular weight is 526 g/mol. The van der Waals surface area contributed by atoms with Crippen LogP contribution in [0.15, 0.2) is 85.1 Å². The summed E-state index contributed by atoms with van der Waals surface area (Å²) in [5.41, 5.74) is 6.54. The molecule has 0 bridgehead atoms. The molecule has 7 nitrogen and oxygen atoms in total. The van der Waals surface area contributed by atoms with E-state index < -0.39 is 0 Å². The fourth-order valence-corrected chi connectivity index (χ4v) is 5.80. The van der Waals surface area contributed by atoms with Gasteiger partial charge in [0.2, 0.25) is 0 Å². The number of aryl methyl sites for hydroxylation is 1. The monoisotopic (exact) mass is 525 g/mol. The van der Waals surface area contributed by atoms with Crippen molar-refractivity contribution in [2.24, 2.45) is 0 Å². The lowest BCUT2D eigenvalue weighted by Gasteiger charge is -2.31. The van der Waals surface area contributed by atoms with E-state index in [0.717, 1.165) is 60.5 Å². The zero-order valence-electron chi connectivity index (χ0n) is 21.6. The summed E-state index contributed by atoms with van der Waals surface area (Å²) in [7, 11) is 1.69. The molecule has 2 aliphatic heterocycles. The number of ether oxygens (including phenoxy) is 2. The number of aromatic nitrogens is 2. The van der Waals surface area contributed by atoms with Crippen LogP contribution in [0.25, 0.3) is 5.69 Å². The normalized spacial score (nSPS) is 19.5. The van der Waals surface area contributed by atoms with Crippen molar-refractivity contribution in [3.63, 3.8) is 0 Å². The molecule has 0 unspecified atom stereocenters. The Morgan fingerprint density at radius 3 is 2.29 bits per heavy atom. The van der Waals surface area contributed by atoms with E-state index in [2.05, 4.69) is 81.2 Å². The predicted octanol–water partition coefficient (Wildman–Crippen LogP) is 5.20. The summed E-state index contributed by atoms with van der Waals surface area (Å²) in [6.45, 7) is 5.46. The van der Waals surface area contributed by atoms with Crippen LogP contribution >= 0.6 is 12.2 Å². The number of pyridine rings is 1. The summed E-state index contributed by atoms with van der Waals surface area (Å²) >= 11 is 5.97. The van der Waals surface area contributed by atoms with Crippen molar-refractivity contribution in [2.45, 2.75) is 19.0 Å². The van der Waals surface area contributed by atoms with Gasteiger partial charge in [-0.05, 0) is 91.9 Å². The number of methoxy groups -OCH3 is 1. The Labute approximate surface area is 228 Å². The molecular formula is C30H31N5O2S. The van der Waals surface area contributed by atoms with Gasteiger partial charge < -0.3 is 29.2 Å². The predicted molar refractivity (Wildman–Crippen MR) is 154 cm³/mol. The summed E-state index contributed by atoms with van der Waals surface area (Å²) in [5.74, 6) is 0.831. The number of nitrogens with zero attached hydrogens (tertiary/aromatic N) is 4. The van der Waals surface area contributed by atoms with E-state index in [1.807, 2.05) is 30.5 Å². The number of nitrogens with one attached hydrogen (secondary N) is 1. The number of hydrogen-bond acceptors (Lipinski definition) is 5. The van der Waals surface area contributed by atoms with Crippen LogP contribution in [0.5, 0.6) is 5.75 Å². The van der Waals surface area contributed by atoms with Crippen molar-refractivity contribution in [3.8, 4) is 11.4 Å². The molecule has 4 aromatic rings. The van der Waals surface area contributed by atoms with Crippen LogP contribution in [0.4, 0.5) is 11.4 Å². The van der Waals surface area contributed by atoms with Gasteiger partial charge in [-0.1, -0.05) is 6.07 Å². The largest absolute Gasteiger partial charge is 0.497 e. The van der Waals surface area contributed by atoms with E-state index in [9.17, 15) is 0 Å². The molecule has 8 heteroatoms. The summed E-state index contributed by atoms with van der Waals surface area (Å²) in [6.07, 6.45) is 1.84. The lowest BCUT2D eigenvalue weighted by Crippen LogP contribution is -2.36. The lowest BCUT2D eigenvalue weighted by atomic mass is 10.0. The number of hydrogen-bond donors (Lipinski definition) is 1. The molecule has 2 saturated heterocycles. The summed E-state index contributed by atoms with van der Waals surface area (Å²) in [5, 5.41) is 4.27. The van der Waals surface area contributed by atoms with Gasteiger partial charge in [0.15, 0.2) is 5.11 Å². The third-order valence-corrected chi connectivity index (χ3v) is 7.66. The van der Waals surface area contributed by atoms with Crippen LogP contribution in [0, 0.1) is 6.92 Å². The van der Waals surface area contributed by atoms with Crippen LogP contribution in [0.1, 0.15) is 29.2 Å². The molecule has 2 aromatic carbocycles. The second-order valence-corrected chi connectivity index (χ2v) is 9.93. The molecular weight excluding hydrogens is 494 g/mol. The second kappa shape index (κ2) is 10.5. The molecule has 194 valence electrons. The van der Waals surface area contributed by atoms with Gasteiger partial charge in [0.25, 0.3) is 0 Å². The number of thiocarbonyl (C=S) groups is 1. The molecule has 0 aliphatic carbocycles. The van der Waals surface area contributed by atoms with Crippen LogP contribution in [-0.4, -0.2) is 48.1 Å². The highest BCUT2D eigenvalue weighted by molar-refractivity contribution is 7.80. The van der Waals surface area contributed by atoms with Gasteiger partial charge in [0.1, 0.15) is 11.8 Å². The highest BCUT2D eigenvalue weighted by Crippen LogP contribution is 2.43. The van der Waals surface area contributed by atoms with Crippen molar-refractivity contribution in [2.75, 3.05) is 43.2 Å². The Morgan fingerprint density at radius 1 is 0.895 bits per heavy atom. The molecule has 2 aliphatic rings. The molecule has 0 spiro atoms. The number of rotatable bonds is 6. The minimum atomic E-state index is -0.117. The second-order valence-electron chi connectivity index (χ2n) is 9.55. The van der Waals surface area contributed by atoms with Gasteiger partial charge in [0.05, 0.1) is 32.1 Å². The summed E-state index contributed by atoms with van der Waals surface area (Å²) in [4.78, 5) is 9.30. The smallest absolute Gasteiger partial charge is 0.174 e. The lowest BCUT2D eigenvalue weighted by molar-refractivity contribution is 0.122. The molecule has 2 aromatic heterocycles. The number of benzene rings is 2. The van der Waals surface area contributed by atoms with Crippen molar-refractivity contribution in [1.29, 1.82) is 0 Å². The minimum absolute atomic E-state index is 0.109. The Hall–Kier alpha value is -3.88. The Morgan fingerprint density at radius 2 is 1.61 bits per heavy atom. The average Bonchev–Trinajstić information content (AvgIpc) is 3.53. The molecule has 0 radical (unpaired) electrons. The zero-order chi connectivity index (χ0) is 26.1.